The topological polar surface area (TPSA) is 75.2 Å². The summed E-state index contributed by atoms with van der Waals surface area (Å²) in [5, 5.41) is 6.73. The highest BCUT2D eigenvalue weighted by molar-refractivity contribution is 5.84. The summed E-state index contributed by atoms with van der Waals surface area (Å²) in [5.41, 5.74) is 0.874. The Morgan fingerprint density at radius 3 is 2.52 bits per heavy atom. The molecule has 2 N–H and O–H groups in total. The molecule has 0 spiro atoms. The van der Waals surface area contributed by atoms with Crippen LogP contribution >= 0.6 is 0 Å². The third kappa shape index (κ3) is 7.04. The van der Waals surface area contributed by atoms with Gasteiger partial charge in [-0.15, -0.1) is 0 Å². The summed E-state index contributed by atoms with van der Waals surface area (Å²) in [4.78, 5) is 19.3. The predicted octanol–water partition coefficient (Wildman–Crippen LogP) is 3.23. The molecule has 7 heteroatoms. The van der Waals surface area contributed by atoms with Crippen molar-refractivity contribution in [3.05, 3.63) is 23.8 Å². The largest absolute Gasteiger partial charge is 0.493 e. The van der Waals surface area contributed by atoms with Crippen LogP contribution in [0.2, 0.25) is 0 Å². The monoisotopic (exact) mass is 432 g/mol. The Bertz CT molecular complexity index is 728. The maximum absolute atomic E-state index is 12.8. The molecule has 0 aromatic heterocycles. The van der Waals surface area contributed by atoms with Crippen LogP contribution in [0.25, 0.3) is 0 Å². The maximum Gasteiger partial charge on any atom is 0.230 e. The molecule has 7 nitrogen and oxygen atoms in total. The molecule has 1 aliphatic rings. The van der Waals surface area contributed by atoms with Crippen molar-refractivity contribution in [1.82, 2.24) is 15.5 Å². The third-order valence-electron chi connectivity index (χ3n) is 5.77. The molecule has 31 heavy (non-hydrogen) atoms. The second-order valence-corrected chi connectivity index (χ2v) is 8.33. The van der Waals surface area contributed by atoms with E-state index in [1.807, 2.05) is 27.1 Å². The van der Waals surface area contributed by atoms with Crippen LogP contribution in [0.1, 0.15) is 51.5 Å². The quantitative estimate of drug-likeness (QED) is 0.319. The van der Waals surface area contributed by atoms with E-state index in [9.17, 15) is 4.79 Å². The van der Waals surface area contributed by atoms with Gasteiger partial charge in [0.2, 0.25) is 5.91 Å². The number of hydrogen-bond donors (Lipinski definition) is 2. The van der Waals surface area contributed by atoms with Crippen LogP contribution in [0.4, 0.5) is 0 Å². The average Bonchev–Trinajstić information content (AvgIpc) is 3.25. The van der Waals surface area contributed by atoms with Gasteiger partial charge in [-0.1, -0.05) is 18.9 Å². The number of aliphatic imine (C=N–C) groups is 1. The van der Waals surface area contributed by atoms with Gasteiger partial charge in [-0.2, -0.15) is 0 Å². The third-order valence-corrected chi connectivity index (χ3v) is 5.77. The van der Waals surface area contributed by atoms with Gasteiger partial charge >= 0.3 is 0 Å². The van der Waals surface area contributed by atoms with Gasteiger partial charge in [-0.25, -0.2) is 0 Å². The van der Waals surface area contributed by atoms with E-state index in [0.717, 1.165) is 69.1 Å². The minimum atomic E-state index is -0.343. The van der Waals surface area contributed by atoms with E-state index >= 15 is 0 Å². The lowest BCUT2D eigenvalue weighted by Crippen LogP contribution is -2.43. The first-order valence-electron chi connectivity index (χ1n) is 11.5. The lowest BCUT2D eigenvalue weighted by Gasteiger charge is -2.29. The number of amides is 1. The zero-order valence-electron chi connectivity index (χ0n) is 19.9. The van der Waals surface area contributed by atoms with E-state index in [1.54, 1.807) is 12.0 Å². The summed E-state index contributed by atoms with van der Waals surface area (Å²) in [5.74, 6) is 2.54. The normalized spacial score (nSPS) is 15.5. The first kappa shape index (κ1) is 24.8. The van der Waals surface area contributed by atoms with Crippen LogP contribution in [0.3, 0.4) is 0 Å². The molecule has 0 bridgehead atoms. The Morgan fingerprint density at radius 2 is 1.90 bits per heavy atom. The van der Waals surface area contributed by atoms with Crippen LogP contribution in [0, 0.1) is 5.41 Å². The van der Waals surface area contributed by atoms with E-state index in [0.29, 0.717) is 13.2 Å². The number of benzene rings is 1. The number of guanidine groups is 1. The molecule has 0 aliphatic heterocycles. The number of methoxy groups -OCH3 is 1. The number of nitrogens with one attached hydrogen (secondary N) is 2. The molecule has 0 unspecified atom stereocenters. The van der Waals surface area contributed by atoms with Crippen molar-refractivity contribution in [2.45, 2.75) is 52.4 Å². The van der Waals surface area contributed by atoms with E-state index in [4.69, 9.17) is 14.5 Å². The van der Waals surface area contributed by atoms with Crippen molar-refractivity contribution >= 4 is 11.9 Å². The van der Waals surface area contributed by atoms with Gasteiger partial charge in [0, 0.05) is 27.2 Å². The van der Waals surface area contributed by atoms with Gasteiger partial charge in [0.1, 0.15) is 0 Å². The molecule has 2 rings (SSSR count). The molecule has 1 amide bonds. The van der Waals surface area contributed by atoms with Gasteiger partial charge in [-0.05, 0) is 57.2 Å². The van der Waals surface area contributed by atoms with Gasteiger partial charge in [0.25, 0.3) is 0 Å². The zero-order valence-corrected chi connectivity index (χ0v) is 19.9. The summed E-state index contributed by atoms with van der Waals surface area (Å²) in [7, 11) is 5.34. The van der Waals surface area contributed by atoms with Gasteiger partial charge in [0.05, 0.1) is 25.7 Å². The standard InChI is InChI=1S/C24H40N4O3/c1-6-25-23(27-18-24(14-8-9-15-24)22(29)28(3)4)26-16-10-11-19-12-13-20(30-5)21(17-19)31-7-2/h12-13,17H,6-11,14-16,18H2,1-5H3,(H2,25,26,27). The van der Waals surface area contributed by atoms with Gasteiger partial charge in [0.15, 0.2) is 17.5 Å². The van der Waals surface area contributed by atoms with Crippen LogP contribution < -0.4 is 20.1 Å². The van der Waals surface area contributed by atoms with Crippen molar-refractivity contribution in [3.63, 3.8) is 0 Å². The summed E-state index contributed by atoms with van der Waals surface area (Å²) in [6.07, 6.45) is 5.94. The minimum Gasteiger partial charge on any atom is -0.493 e. The van der Waals surface area contributed by atoms with Crippen molar-refractivity contribution < 1.29 is 14.3 Å². The fourth-order valence-electron chi connectivity index (χ4n) is 4.18. The first-order chi connectivity index (χ1) is 15.0. The van der Waals surface area contributed by atoms with E-state index in [2.05, 4.69) is 29.7 Å². The Hall–Kier alpha value is -2.44. The Morgan fingerprint density at radius 1 is 1.16 bits per heavy atom. The molecule has 0 heterocycles. The SMILES string of the molecule is CCNC(=NCC1(C(=O)N(C)C)CCCC1)NCCCc1ccc(OC)c(OCC)c1. The van der Waals surface area contributed by atoms with Crippen molar-refractivity contribution in [2.24, 2.45) is 10.4 Å². The molecular formula is C24H40N4O3. The van der Waals surface area contributed by atoms with Gasteiger partial charge in [-0.3, -0.25) is 9.79 Å². The van der Waals surface area contributed by atoms with Crippen LogP contribution in [-0.4, -0.2) is 64.2 Å². The summed E-state index contributed by atoms with van der Waals surface area (Å²) in [6, 6.07) is 6.10. The molecular weight excluding hydrogens is 392 g/mol. The molecule has 1 aromatic rings. The zero-order chi connectivity index (χ0) is 22.7. The number of nitrogens with zero attached hydrogens (tertiary/aromatic N) is 2. The molecule has 0 saturated heterocycles. The van der Waals surface area contributed by atoms with E-state index in [-0.39, 0.29) is 11.3 Å². The van der Waals surface area contributed by atoms with Crippen LogP contribution in [-0.2, 0) is 11.2 Å². The van der Waals surface area contributed by atoms with Gasteiger partial charge < -0.3 is 25.0 Å². The number of carbonyl (C=O) groups is 1. The number of ether oxygens (including phenoxy) is 2. The summed E-state index contributed by atoms with van der Waals surface area (Å²) < 4.78 is 11.0. The van der Waals surface area contributed by atoms with Crippen LogP contribution in [0.5, 0.6) is 11.5 Å². The molecule has 1 aromatic carbocycles. The number of hydrogen-bond acceptors (Lipinski definition) is 4. The summed E-state index contributed by atoms with van der Waals surface area (Å²) in [6.45, 7) is 6.77. The molecule has 174 valence electrons. The lowest BCUT2D eigenvalue weighted by molar-refractivity contribution is -0.138. The molecule has 0 radical (unpaired) electrons. The van der Waals surface area contributed by atoms with E-state index in [1.165, 1.54) is 5.56 Å². The van der Waals surface area contributed by atoms with Crippen molar-refractivity contribution in [2.75, 3.05) is 47.4 Å². The molecule has 0 atom stereocenters. The minimum absolute atomic E-state index is 0.203. The number of carbonyl (C=O) groups excluding carboxylic acids is 1. The highest BCUT2D eigenvalue weighted by atomic mass is 16.5. The smallest absolute Gasteiger partial charge is 0.230 e. The van der Waals surface area contributed by atoms with E-state index < -0.39 is 0 Å². The Labute approximate surface area is 187 Å². The van der Waals surface area contributed by atoms with Crippen molar-refractivity contribution in [3.8, 4) is 11.5 Å². The predicted molar refractivity (Wildman–Crippen MR) is 126 cm³/mol. The maximum atomic E-state index is 12.8. The average molecular weight is 433 g/mol. The second kappa shape index (κ2) is 12.4. The lowest BCUT2D eigenvalue weighted by atomic mass is 9.85. The highest BCUT2D eigenvalue weighted by Gasteiger charge is 2.42. The fourth-order valence-corrected chi connectivity index (χ4v) is 4.18. The number of rotatable bonds is 11. The van der Waals surface area contributed by atoms with Crippen molar-refractivity contribution in [1.29, 1.82) is 0 Å². The number of aryl methyl sites for hydroxylation is 1. The highest BCUT2D eigenvalue weighted by Crippen LogP contribution is 2.39. The fraction of sp³-hybridized carbons (Fsp3) is 0.667. The Kier molecular flexibility index (Phi) is 9.95. The first-order valence-corrected chi connectivity index (χ1v) is 11.5. The van der Waals surface area contributed by atoms with Crippen LogP contribution in [0.15, 0.2) is 23.2 Å². The molecule has 1 fully saturated rings. The summed E-state index contributed by atoms with van der Waals surface area (Å²) >= 11 is 0. The second-order valence-electron chi connectivity index (χ2n) is 8.33. The molecule has 1 aliphatic carbocycles. The Balaban J connectivity index is 1.92. The molecule has 1 saturated carbocycles.